The second kappa shape index (κ2) is 11.3. The topological polar surface area (TPSA) is 65.1 Å². The van der Waals surface area contributed by atoms with Crippen LogP contribution in [0.25, 0.3) is 6.08 Å². The van der Waals surface area contributed by atoms with Crippen molar-refractivity contribution in [3.8, 4) is 11.5 Å². The number of benzene rings is 3. The molecule has 1 aliphatic rings. The van der Waals surface area contributed by atoms with Gasteiger partial charge in [0.1, 0.15) is 6.61 Å². The van der Waals surface area contributed by atoms with E-state index in [4.69, 9.17) is 14.2 Å². The zero-order valence-electron chi connectivity index (χ0n) is 20.3. The summed E-state index contributed by atoms with van der Waals surface area (Å²) in [5, 5.41) is 0. The van der Waals surface area contributed by atoms with Gasteiger partial charge in [0, 0.05) is 15.9 Å². The molecule has 0 aliphatic carbocycles. The fourth-order valence-corrected chi connectivity index (χ4v) is 4.24. The van der Waals surface area contributed by atoms with Gasteiger partial charge in [-0.15, -0.1) is 0 Å². The van der Waals surface area contributed by atoms with Crippen LogP contribution in [0.5, 0.6) is 11.5 Å². The van der Waals surface area contributed by atoms with Crippen molar-refractivity contribution >= 4 is 39.6 Å². The fraction of sp³-hybridized carbons (Fsp3) is 0.172. The molecule has 0 atom stereocenters. The van der Waals surface area contributed by atoms with E-state index in [9.17, 15) is 9.59 Å². The first-order valence-corrected chi connectivity index (χ1v) is 12.3. The molecule has 3 aromatic carbocycles. The molecule has 1 aliphatic heterocycles. The number of carbonyl (C=O) groups excluding carboxylic acids is 2. The van der Waals surface area contributed by atoms with Crippen molar-refractivity contribution in [1.29, 1.82) is 0 Å². The molecule has 0 saturated carbocycles. The van der Waals surface area contributed by atoms with Crippen molar-refractivity contribution in [2.24, 2.45) is 0 Å². The molecule has 0 radical (unpaired) electrons. The minimum absolute atomic E-state index is 0.205. The number of esters is 1. The lowest BCUT2D eigenvalue weighted by molar-refractivity contribution is -0.138. The van der Waals surface area contributed by atoms with E-state index in [2.05, 4.69) is 15.9 Å². The molecule has 0 aromatic heterocycles. The monoisotopic (exact) mass is 547 g/mol. The highest BCUT2D eigenvalue weighted by atomic mass is 79.9. The lowest BCUT2D eigenvalue weighted by Crippen LogP contribution is -2.24. The van der Waals surface area contributed by atoms with E-state index >= 15 is 0 Å². The maximum atomic E-state index is 13.5. The molecule has 1 heterocycles. The van der Waals surface area contributed by atoms with Crippen LogP contribution < -0.4 is 14.4 Å². The van der Waals surface area contributed by atoms with E-state index in [1.807, 2.05) is 60.7 Å². The summed E-state index contributed by atoms with van der Waals surface area (Å²) in [7, 11) is 1.56. The fourth-order valence-electron chi connectivity index (χ4n) is 3.98. The summed E-state index contributed by atoms with van der Waals surface area (Å²) < 4.78 is 17.7. The van der Waals surface area contributed by atoms with Crippen LogP contribution in [0.4, 0.5) is 5.69 Å². The molecule has 0 unspecified atom stereocenters. The van der Waals surface area contributed by atoms with Crippen molar-refractivity contribution in [2.45, 2.75) is 20.5 Å². The van der Waals surface area contributed by atoms with Gasteiger partial charge >= 0.3 is 5.97 Å². The van der Waals surface area contributed by atoms with Crippen LogP contribution in [-0.2, 0) is 20.9 Å². The molecule has 0 N–H and O–H groups in total. The minimum Gasteiger partial charge on any atom is -0.493 e. The van der Waals surface area contributed by atoms with Gasteiger partial charge in [-0.2, -0.15) is 0 Å². The third-order valence-electron chi connectivity index (χ3n) is 5.70. The van der Waals surface area contributed by atoms with Gasteiger partial charge in [0.25, 0.3) is 5.91 Å². The summed E-state index contributed by atoms with van der Waals surface area (Å²) in [6.07, 6.45) is 1.68. The van der Waals surface area contributed by atoms with Crippen molar-refractivity contribution in [3.63, 3.8) is 0 Å². The molecule has 0 spiro atoms. The number of carbonyl (C=O) groups is 2. The third-order valence-corrected chi connectivity index (χ3v) is 6.23. The van der Waals surface area contributed by atoms with E-state index in [1.165, 1.54) is 4.90 Å². The Morgan fingerprint density at radius 2 is 1.72 bits per heavy atom. The normalized spacial score (nSPS) is 14.4. The largest absolute Gasteiger partial charge is 0.493 e. The molecule has 4 rings (SSSR count). The Hall–Kier alpha value is -3.84. The van der Waals surface area contributed by atoms with E-state index in [0.717, 1.165) is 10.0 Å². The van der Waals surface area contributed by atoms with Crippen LogP contribution in [-0.4, -0.2) is 25.6 Å². The van der Waals surface area contributed by atoms with Crippen LogP contribution >= 0.6 is 15.9 Å². The lowest BCUT2D eigenvalue weighted by Gasteiger charge is -2.18. The lowest BCUT2D eigenvalue weighted by atomic mass is 10.0. The highest BCUT2D eigenvalue weighted by molar-refractivity contribution is 9.10. The summed E-state index contributed by atoms with van der Waals surface area (Å²) in [5.74, 6) is 0.259. The Morgan fingerprint density at radius 3 is 2.39 bits per heavy atom. The van der Waals surface area contributed by atoms with Gasteiger partial charge in [0.2, 0.25) is 0 Å². The smallest absolute Gasteiger partial charge is 0.340 e. The Kier molecular flexibility index (Phi) is 7.90. The van der Waals surface area contributed by atoms with E-state index in [-0.39, 0.29) is 23.7 Å². The summed E-state index contributed by atoms with van der Waals surface area (Å²) in [6, 6.07) is 22.6. The van der Waals surface area contributed by atoms with Crippen molar-refractivity contribution in [1.82, 2.24) is 0 Å². The Morgan fingerprint density at radius 1 is 1.00 bits per heavy atom. The second-order valence-electron chi connectivity index (χ2n) is 8.04. The van der Waals surface area contributed by atoms with E-state index < -0.39 is 5.97 Å². The maximum absolute atomic E-state index is 13.5. The number of ether oxygens (including phenoxy) is 3. The first-order valence-electron chi connectivity index (χ1n) is 11.5. The first-order chi connectivity index (χ1) is 17.4. The number of halogens is 1. The number of hydrogen-bond acceptors (Lipinski definition) is 5. The molecule has 3 aromatic rings. The number of methoxy groups -OCH3 is 1. The Balaban J connectivity index is 1.68. The number of anilines is 1. The number of amides is 1. The van der Waals surface area contributed by atoms with Gasteiger partial charge in [-0.05, 0) is 67.4 Å². The number of hydrogen-bond donors (Lipinski definition) is 0. The zero-order valence-corrected chi connectivity index (χ0v) is 21.9. The average molecular weight is 548 g/mol. The number of rotatable bonds is 8. The van der Waals surface area contributed by atoms with Crippen LogP contribution in [0.1, 0.15) is 25.0 Å². The first kappa shape index (κ1) is 25.3. The van der Waals surface area contributed by atoms with E-state index in [0.29, 0.717) is 35.1 Å². The Labute approximate surface area is 218 Å². The summed E-state index contributed by atoms with van der Waals surface area (Å²) in [6.45, 7) is 4.08. The number of nitrogens with zero attached hydrogens (tertiary/aromatic N) is 1. The summed E-state index contributed by atoms with van der Waals surface area (Å²) in [4.78, 5) is 28.0. The molecule has 184 valence electrons. The third kappa shape index (κ3) is 5.36. The standard InChI is InChI=1S/C29H26BrNO5/c1-4-35-29(33)27-19(2)31(23-13-11-22(30)12-14-23)28(32)24(27)16-21-10-15-25(26(17-21)34-3)36-18-20-8-6-5-7-9-20/h5-17H,4,18H2,1-3H3/b24-16-. The van der Waals surface area contributed by atoms with Gasteiger partial charge in [0.15, 0.2) is 11.5 Å². The highest BCUT2D eigenvalue weighted by Gasteiger charge is 2.38. The second-order valence-corrected chi connectivity index (χ2v) is 8.96. The quantitative estimate of drug-likeness (QED) is 0.244. The molecular formula is C29H26BrNO5. The molecule has 6 nitrogen and oxygen atoms in total. The van der Waals surface area contributed by atoms with Crippen molar-refractivity contribution in [2.75, 3.05) is 18.6 Å². The molecular weight excluding hydrogens is 522 g/mol. The predicted octanol–water partition coefficient (Wildman–Crippen LogP) is 6.30. The maximum Gasteiger partial charge on any atom is 0.340 e. The molecule has 36 heavy (non-hydrogen) atoms. The molecule has 7 heteroatoms. The molecule has 0 saturated heterocycles. The van der Waals surface area contributed by atoms with Crippen LogP contribution in [0.15, 0.2) is 94.1 Å². The molecule has 0 bridgehead atoms. The van der Waals surface area contributed by atoms with Crippen molar-refractivity contribution in [3.05, 3.63) is 105 Å². The van der Waals surface area contributed by atoms with Crippen LogP contribution in [0, 0.1) is 0 Å². The van der Waals surface area contributed by atoms with E-state index in [1.54, 1.807) is 39.2 Å². The van der Waals surface area contributed by atoms with Crippen molar-refractivity contribution < 1.29 is 23.8 Å². The van der Waals surface area contributed by atoms with Gasteiger partial charge in [-0.1, -0.05) is 52.3 Å². The Bertz CT molecular complexity index is 1330. The number of allylic oxidation sites excluding steroid dienone is 1. The minimum atomic E-state index is -0.538. The predicted molar refractivity (Wildman–Crippen MR) is 143 cm³/mol. The SMILES string of the molecule is CCOC(=O)C1=C(C)N(c2ccc(Br)cc2)C(=O)/C1=C\c1ccc(OCc2ccccc2)c(OC)c1. The van der Waals surface area contributed by atoms with Gasteiger partial charge in [-0.3, -0.25) is 9.69 Å². The zero-order chi connectivity index (χ0) is 25.7. The van der Waals surface area contributed by atoms with Gasteiger partial charge < -0.3 is 14.2 Å². The average Bonchev–Trinajstić information content (AvgIpc) is 3.13. The molecule has 1 amide bonds. The van der Waals surface area contributed by atoms with Gasteiger partial charge in [0.05, 0.1) is 24.9 Å². The summed E-state index contributed by atoms with van der Waals surface area (Å²) >= 11 is 3.42. The van der Waals surface area contributed by atoms with Crippen LogP contribution in [0.2, 0.25) is 0 Å². The highest BCUT2D eigenvalue weighted by Crippen LogP contribution is 2.37. The van der Waals surface area contributed by atoms with Crippen LogP contribution in [0.3, 0.4) is 0 Å². The molecule has 0 fully saturated rings. The van der Waals surface area contributed by atoms with Gasteiger partial charge in [-0.25, -0.2) is 4.79 Å². The summed E-state index contributed by atoms with van der Waals surface area (Å²) in [5.41, 5.74) is 3.40.